The average Bonchev–Trinajstić information content (AvgIpc) is 2.93. The first-order valence-electron chi connectivity index (χ1n) is 5.61. The summed E-state index contributed by atoms with van der Waals surface area (Å²) in [6.07, 6.45) is 1.76. The Balaban J connectivity index is 2.26. The molecular weight excluding hydrogens is 325 g/mol. The summed E-state index contributed by atoms with van der Waals surface area (Å²) in [5.74, 6) is 0.210. The molecule has 0 saturated carbocycles. The molecule has 20 heavy (non-hydrogen) atoms. The zero-order valence-corrected chi connectivity index (χ0v) is 12.5. The Hall–Kier alpha value is -1.38. The third kappa shape index (κ3) is 3.81. The highest BCUT2D eigenvalue weighted by Gasteiger charge is 2.13. The van der Waals surface area contributed by atoms with Crippen LogP contribution in [0, 0.1) is 0 Å². The number of hydrogen-bond donors (Lipinski definition) is 1. The van der Waals surface area contributed by atoms with E-state index in [2.05, 4.69) is 20.2 Å². The van der Waals surface area contributed by atoms with Gasteiger partial charge in [0.25, 0.3) is 0 Å². The molecule has 1 heterocycles. The summed E-state index contributed by atoms with van der Waals surface area (Å²) >= 11 is 11.5. The number of hydrogen-bond acceptors (Lipinski definition) is 5. The molecule has 1 aromatic carbocycles. The first-order valence-corrected chi connectivity index (χ1v) is 8.18. The number of sulfonamides is 1. The Labute approximate surface area is 125 Å². The van der Waals surface area contributed by atoms with E-state index in [0.717, 1.165) is 0 Å². The molecule has 0 aliphatic heterocycles. The predicted octanol–water partition coefficient (Wildman–Crippen LogP) is 1.69. The fourth-order valence-corrected chi connectivity index (χ4v) is 3.12. The van der Waals surface area contributed by atoms with E-state index in [1.54, 1.807) is 18.2 Å². The van der Waals surface area contributed by atoms with E-state index in [0.29, 0.717) is 12.1 Å². The highest BCUT2D eigenvalue weighted by Crippen LogP contribution is 2.25. The van der Waals surface area contributed by atoms with Crippen LogP contribution >= 0.6 is 23.2 Å². The Morgan fingerprint density at radius 3 is 2.80 bits per heavy atom. The van der Waals surface area contributed by atoms with E-state index in [1.807, 2.05) is 0 Å². The minimum atomic E-state index is -3.48. The topological polar surface area (TPSA) is 89.8 Å². The standard InChI is InChI=1S/C10H11Cl2N5O2S/c11-4-1-5-20(18,19)14-10-6-8(2-3-9(10)12)17-7-13-15-16-17/h2-3,6-7,14H,1,4-5H2. The minimum absolute atomic E-state index is 0.0675. The highest BCUT2D eigenvalue weighted by molar-refractivity contribution is 7.92. The number of benzene rings is 1. The molecule has 0 bridgehead atoms. The molecule has 108 valence electrons. The van der Waals surface area contributed by atoms with Crippen LogP contribution in [0.15, 0.2) is 24.5 Å². The summed E-state index contributed by atoms with van der Waals surface area (Å²) in [6.45, 7) is 0. The van der Waals surface area contributed by atoms with Crippen LogP contribution in [-0.2, 0) is 10.0 Å². The van der Waals surface area contributed by atoms with Gasteiger partial charge in [0.15, 0.2) is 0 Å². The van der Waals surface area contributed by atoms with Gasteiger partial charge in [-0.05, 0) is 35.0 Å². The molecule has 1 aromatic heterocycles. The summed E-state index contributed by atoms with van der Waals surface area (Å²) < 4.78 is 27.5. The molecule has 7 nitrogen and oxygen atoms in total. The molecule has 2 rings (SSSR count). The van der Waals surface area contributed by atoms with Gasteiger partial charge in [-0.15, -0.1) is 16.7 Å². The number of anilines is 1. The molecule has 0 amide bonds. The molecule has 2 aromatic rings. The van der Waals surface area contributed by atoms with Crippen LogP contribution in [0.4, 0.5) is 5.69 Å². The summed E-state index contributed by atoms with van der Waals surface area (Å²) in [7, 11) is -3.48. The first-order chi connectivity index (χ1) is 9.52. The maximum absolute atomic E-state index is 11.8. The second-order valence-electron chi connectivity index (χ2n) is 3.88. The van der Waals surface area contributed by atoms with Crippen molar-refractivity contribution >= 4 is 38.9 Å². The number of halogens is 2. The average molecular weight is 336 g/mol. The lowest BCUT2D eigenvalue weighted by Gasteiger charge is -2.10. The van der Waals surface area contributed by atoms with Gasteiger partial charge < -0.3 is 0 Å². The van der Waals surface area contributed by atoms with Crippen molar-refractivity contribution in [2.45, 2.75) is 6.42 Å². The monoisotopic (exact) mass is 335 g/mol. The number of aromatic nitrogens is 4. The van der Waals surface area contributed by atoms with Crippen molar-refractivity contribution in [3.8, 4) is 5.69 Å². The van der Waals surface area contributed by atoms with Gasteiger partial charge in [0.1, 0.15) is 6.33 Å². The maximum Gasteiger partial charge on any atom is 0.232 e. The largest absolute Gasteiger partial charge is 0.282 e. The van der Waals surface area contributed by atoms with Crippen LogP contribution in [0.1, 0.15) is 6.42 Å². The van der Waals surface area contributed by atoms with Crippen molar-refractivity contribution in [2.75, 3.05) is 16.4 Å². The summed E-state index contributed by atoms with van der Waals surface area (Å²) in [5.41, 5.74) is 0.865. The molecule has 0 unspecified atom stereocenters. The van der Waals surface area contributed by atoms with Crippen LogP contribution in [-0.4, -0.2) is 40.3 Å². The Bertz CT molecular complexity index is 675. The number of rotatable bonds is 6. The van der Waals surface area contributed by atoms with Crippen molar-refractivity contribution in [3.63, 3.8) is 0 Å². The first kappa shape index (κ1) is 15.0. The lowest BCUT2D eigenvalue weighted by molar-refractivity contribution is 0.600. The minimum Gasteiger partial charge on any atom is -0.282 e. The van der Waals surface area contributed by atoms with E-state index in [9.17, 15) is 8.42 Å². The second-order valence-corrected chi connectivity index (χ2v) is 6.51. The molecule has 0 fully saturated rings. The Kier molecular flexibility index (Phi) is 4.79. The van der Waals surface area contributed by atoms with Crippen molar-refractivity contribution in [2.24, 2.45) is 0 Å². The normalized spacial score (nSPS) is 11.5. The fourth-order valence-electron chi connectivity index (χ4n) is 1.48. The predicted molar refractivity (Wildman–Crippen MR) is 76.9 cm³/mol. The number of tetrazole rings is 1. The fraction of sp³-hybridized carbons (Fsp3) is 0.300. The van der Waals surface area contributed by atoms with E-state index < -0.39 is 10.0 Å². The van der Waals surface area contributed by atoms with Crippen LogP contribution in [0.5, 0.6) is 0 Å². The summed E-state index contributed by atoms with van der Waals surface area (Å²) in [5, 5.41) is 11.0. The molecule has 0 spiro atoms. The van der Waals surface area contributed by atoms with Crippen molar-refractivity contribution < 1.29 is 8.42 Å². The number of nitrogens with one attached hydrogen (secondary N) is 1. The van der Waals surface area contributed by atoms with Gasteiger partial charge in [0.2, 0.25) is 10.0 Å². The van der Waals surface area contributed by atoms with Crippen LogP contribution < -0.4 is 4.72 Å². The number of nitrogens with zero attached hydrogens (tertiary/aromatic N) is 4. The SMILES string of the molecule is O=S(=O)(CCCCl)Nc1cc(-n2cnnn2)ccc1Cl. The molecule has 0 radical (unpaired) electrons. The molecule has 1 N–H and O–H groups in total. The van der Waals surface area contributed by atoms with Crippen LogP contribution in [0.3, 0.4) is 0 Å². The quantitative estimate of drug-likeness (QED) is 0.811. The highest BCUT2D eigenvalue weighted by atomic mass is 35.5. The van der Waals surface area contributed by atoms with E-state index in [4.69, 9.17) is 23.2 Å². The van der Waals surface area contributed by atoms with E-state index in [-0.39, 0.29) is 22.3 Å². The van der Waals surface area contributed by atoms with Gasteiger partial charge >= 0.3 is 0 Å². The van der Waals surface area contributed by atoms with Gasteiger partial charge in [0, 0.05) is 5.88 Å². The Morgan fingerprint density at radius 1 is 1.35 bits per heavy atom. The molecule has 0 saturated heterocycles. The van der Waals surface area contributed by atoms with Gasteiger partial charge in [-0.2, -0.15) is 0 Å². The van der Waals surface area contributed by atoms with Gasteiger partial charge in [-0.25, -0.2) is 13.1 Å². The summed E-state index contributed by atoms with van der Waals surface area (Å²) in [6, 6.07) is 4.80. The lowest BCUT2D eigenvalue weighted by atomic mass is 10.3. The maximum atomic E-state index is 11.8. The third-order valence-electron chi connectivity index (χ3n) is 2.38. The van der Waals surface area contributed by atoms with Crippen molar-refractivity contribution in [1.29, 1.82) is 0 Å². The summed E-state index contributed by atoms with van der Waals surface area (Å²) in [4.78, 5) is 0. The van der Waals surface area contributed by atoms with Gasteiger partial charge in [-0.1, -0.05) is 11.6 Å². The molecular formula is C10H11Cl2N5O2S. The molecule has 0 aliphatic rings. The second kappa shape index (κ2) is 6.38. The molecule has 0 aliphatic carbocycles. The van der Waals surface area contributed by atoms with Crippen molar-refractivity contribution in [3.05, 3.63) is 29.5 Å². The van der Waals surface area contributed by atoms with E-state index >= 15 is 0 Å². The molecule has 0 atom stereocenters. The van der Waals surface area contributed by atoms with Crippen LogP contribution in [0.25, 0.3) is 5.69 Å². The lowest BCUT2D eigenvalue weighted by Crippen LogP contribution is -2.17. The smallest absolute Gasteiger partial charge is 0.232 e. The zero-order valence-electron chi connectivity index (χ0n) is 10.2. The number of alkyl halides is 1. The van der Waals surface area contributed by atoms with Gasteiger partial charge in [-0.3, -0.25) is 4.72 Å². The van der Waals surface area contributed by atoms with Crippen molar-refractivity contribution in [1.82, 2.24) is 20.2 Å². The zero-order chi connectivity index (χ0) is 14.6. The Morgan fingerprint density at radius 2 is 2.15 bits per heavy atom. The van der Waals surface area contributed by atoms with Gasteiger partial charge in [0.05, 0.1) is 22.2 Å². The van der Waals surface area contributed by atoms with E-state index in [1.165, 1.54) is 11.0 Å². The van der Waals surface area contributed by atoms with Crippen LogP contribution in [0.2, 0.25) is 5.02 Å². The third-order valence-corrected chi connectivity index (χ3v) is 4.33. The molecule has 10 heteroatoms.